The predicted molar refractivity (Wildman–Crippen MR) is 70.8 cm³/mol. The number of hydrogen-bond donors (Lipinski definition) is 1. The fourth-order valence-electron chi connectivity index (χ4n) is 2.71. The van der Waals surface area contributed by atoms with Crippen molar-refractivity contribution in [2.45, 2.75) is 44.3 Å². The van der Waals surface area contributed by atoms with E-state index in [1.165, 1.54) is 0 Å². The molecular weight excluding hydrogens is 228 g/mol. The maximum Gasteiger partial charge on any atom is 0.119 e. The Morgan fingerprint density at radius 2 is 2.28 bits per heavy atom. The highest BCUT2D eigenvalue weighted by molar-refractivity contribution is 5.32. The molecule has 1 aliphatic carbocycles. The predicted octanol–water partition coefficient (Wildman–Crippen LogP) is 2.86. The van der Waals surface area contributed by atoms with E-state index in [-0.39, 0.29) is 6.10 Å². The standard InChI is InChI=1S/C15H22O3/c1-3-18-13-7-4-6-12(10-13)15(16)9-5-8-14(11-15)17-2/h4,6-7,10,14,16H,3,5,8-9,11H2,1-2H3. The summed E-state index contributed by atoms with van der Waals surface area (Å²) in [6.45, 7) is 2.60. The lowest BCUT2D eigenvalue weighted by Crippen LogP contribution is -2.35. The molecule has 0 aliphatic heterocycles. The SMILES string of the molecule is CCOc1cccc(C2(O)CCCC(OC)C2)c1. The van der Waals surface area contributed by atoms with E-state index < -0.39 is 5.60 Å². The van der Waals surface area contributed by atoms with Gasteiger partial charge in [-0.05, 0) is 43.9 Å². The van der Waals surface area contributed by atoms with Gasteiger partial charge in [0.1, 0.15) is 5.75 Å². The van der Waals surface area contributed by atoms with E-state index in [9.17, 15) is 5.11 Å². The molecule has 0 heterocycles. The molecule has 100 valence electrons. The van der Waals surface area contributed by atoms with E-state index in [1.807, 2.05) is 31.2 Å². The average molecular weight is 250 g/mol. The molecule has 1 aromatic rings. The molecule has 1 N–H and O–H groups in total. The third-order valence-corrected chi connectivity index (χ3v) is 3.70. The van der Waals surface area contributed by atoms with Crippen molar-refractivity contribution in [2.75, 3.05) is 13.7 Å². The summed E-state index contributed by atoms with van der Waals surface area (Å²) in [5, 5.41) is 10.8. The highest BCUT2D eigenvalue weighted by Crippen LogP contribution is 2.38. The van der Waals surface area contributed by atoms with E-state index >= 15 is 0 Å². The highest BCUT2D eigenvalue weighted by Gasteiger charge is 2.36. The van der Waals surface area contributed by atoms with Crippen molar-refractivity contribution >= 4 is 0 Å². The maximum atomic E-state index is 10.8. The van der Waals surface area contributed by atoms with Crippen LogP contribution >= 0.6 is 0 Å². The van der Waals surface area contributed by atoms with Crippen LogP contribution in [0.2, 0.25) is 0 Å². The number of rotatable bonds is 4. The van der Waals surface area contributed by atoms with Gasteiger partial charge in [0, 0.05) is 13.5 Å². The van der Waals surface area contributed by atoms with Gasteiger partial charge in [0.15, 0.2) is 0 Å². The Morgan fingerprint density at radius 3 is 3.00 bits per heavy atom. The van der Waals surface area contributed by atoms with Gasteiger partial charge < -0.3 is 14.6 Å². The zero-order chi connectivity index (χ0) is 13.0. The monoisotopic (exact) mass is 250 g/mol. The molecule has 1 fully saturated rings. The molecule has 1 aromatic carbocycles. The summed E-state index contributed by atoms with van der Waals surface area (Å²) in [6.07, 6.45) is 3.64. The zero-order valence-corrected chi connectivity index (χ0v) is 11.2. The van der Waals surface area contributed by atoms with E-state index in [4.69, 9.17) is 9.47 Å². The van der Waals surface area contributed by atoms with Crippen molar-refractivity contribution in [3.05, 3.63) is 29.8 Å². The Balaban J connectivity index is 2.20. The van der Waals surface area contributed by atoms with Crippen LogP contribution in [0.4, 0.5) is 0 Å². The average Bonchev–Trinajstić information content (AvgIpc) is 2.39. The summed E-state index contributed by atoms with van der Waals surface area (Å²) < 4.78 is 10.9. The lowest BCUT2D eigenvalue weighted by molar-refractivity contribution is -0.0632. The van der Waals surface area contributed by atoms with Crippen LogP contribution in [-0.4, -0.2) is 24.9 Å². The van der Waals surface area contributed by atoms with Gasteiger partial charge in [-0.1, -0.05) is 12.1 Å². The van der Waals surface area contributed by atoms with E-state index in [2.05, 4.69) is 0 Å². The number of aliphatic hydroxyl groups is 1. The van der Waals surface area contributed by atoms with Gasteiger partial charge in [0.25, 0.3) is 0 Å². The van der Waals surface area contributed by atoms with Crippen LogP contribution in [0.1, 0.15) is 38.2 Å². The van der Waals surface area contributed by atoms with Gasteiger partial charge in [0.05, 0.1) is 18.3 Å². The first kappa shape index (κ1) is 13.4. The van der Waals surface area contributed by atoms with Crippen LogP contribution in [-0.2, 0) is 10.3 Å². The number of ether oxygens (including phenoxy) is 2. The van der Waals surface area contributed by atoms with Gasteiger partial charge in [-0.15, -0.1) is 0 Å². The second kappa shape index (κ2) is 5.72. The smallest absolute Gasteiger partial charge is 0.119 e. The Hall–Kier alpha value is -1.06. The Bertz CT molecular complexity index is 391. The normalized spacial score (nSPS) is 28.1. The van der Waals surface area contributed by atoms with Gasteiger partial charge in [0.2, 0.25) is 0 Å². The fraction of sp³-hybridized carbons (Fsp3) is 0.600. The summed E-state index contributed by atoms with van der Waals surface area (Å²) in [4.78, 5) is 0. The first-order valence-corrected chi connectivity index (χ1v) is 6.66. The van der Waals surface area contributed by atoms with Gasteiger partial charge in [-0.25, -0.2) is 0 Å². The molecule has 2 rings (SSSR count). The van der Waals surface area contributed by atoms with Gasteiger partial charge >= 0.3 is 0 Å². The summed E-state index contributed by atoms with van der Waals surface area (Å²) >= 11 is 0. The molecule has 0 aromatic heterocycles. The Labute approximate surface area is 109 Å². The topological polar surface area (TPSA) is 38.7 Å². The number of methoxy groups -OCH3 is 1. The molecule has 1 aliphatic rings. The Kier molecular flexibility index (Phi) is 4.25. The highest BCUT2D eigenvalue weighted by atomic mass is 16.5. The van der Waals surface area contributed by atoms with Crippen LogP contribution in [0.15, 0.2) is 24.3 Å². The second-order valence-corrected chi connectivity index (χ2v) is 4.95. The summed E-state index contributed by atoms with van der Waals surface area (Å²) in [6, 6.07) is 7.78. The minimum Gasteiger partial charge on any atom is -0.494 e. The van der Waals surface area contributed by atoms with Crippen molar-refractivity contribution in [1.82, 2.24) is 0 Å². The van der Waals surface area contributed by atoms with Crippen LogP contribution in [0, 0.1) is 0 Å². The van der Waals surface area contributed by atoms with Crippen molar-refractivity contribution in [3.8, 4) is 5.75 Å². The fourth-order valence-corrected chi connectivity index (χ4v) is 2.71. The summed E-state index contributed by atoms with van der Waals surface area (Å²) in [5.74, 6) is 0.822. The molecule has 0 bridgehead atoms. The first-order valence-electron chi connectivity index (χ1n) is 6.66. The molecular formula is C15H22O3. The molecule has 0 radical (unpaired) electrons. The maximum absolute atomic E-state index is 10.8. The lowest BCUT2D eigenvalue weighted by atomic mass is 9.78. The van der Waals surface area contributed by atoms with Gasteiger partial charge in [-0.2, -0.15) is 0 Å². The molecule has 18 heavy (non-hydrogen) atoms. The summed E-state index contributed by atoms with van der Waals surface area (Å²) in [5.41, 5.74) is 0.168. The molecule has 2 atom stereocenters. The molecule has 1 saturated carbocycles. The zero-order valence-electron chi connectivity index (χ0n) is 11.2. The lowest BCUT2D eigenvalue weighted by Gasteiger charge is -2.36. The molecule has 3 heteroatoms. The van der Waals surface area contributed by atoms with Crippen LogP contribution in [0.5, 0.6) is 5.75 Å². The molecule has 0 spiro atoms. The third-order valence-electron chi connectivity index (χ3n) is 3.70. The molecule has 0 amide bonds. The van der Waals surface area contributed by atoms with Crippen LogP contribution in [0.3, 0.4) is 0 Å². The van der Waals surface area contributed by atoms with Crippen LogP contribution in [0.25, 0.3) is 0 Å². The summed E-state index contributed by atoms with van der Waals surface area (Å²) in [7, 11) is 1.72. The molecule has 0 saturated heterocycles. The minimum atomic E-state index is -0.772. The van der Waals surface area contributed by atoms with Crippen LogP contribution < -0.4 is 4.74 Å². The molecule has 3 nitrogen and oxygen atoms in total. The van der Waals surface area contributed by atoms with E-state index in [1.54, 1.807) is 7.11 Å². The molecule has 2 unspecified atom stereocenters. The van der Waals surface area contributed by atoms with Crippen molar-refractivity contribution in [3.63, 3.8) is 0 Å². The number of benzene rings is 1. The first-order chi connectivity index (χ1) is 8.68. The van der Waals surface area contributed by atoms with Crippen molar-refractivity contribution in [2.24, 2.45) is 0 Å². The number of hydrogen-bond acceptors (Lipinski definition) is 3. The van der Waals surface area contributed by atoms with Crippen molar-refractivity contribution in [1.29, 1.82) is 0 Å². The third kappa shape index (κ3) is 2.85. The van der Waals surface area contributed by atoms with E-state index in [0.29, 0.717) is 13.0 Å². The second-order valence-electron chi connectivity index (χ2n) is 4.95. The largest absolute Gasteiger partial charge is 0.494 e. The minimum absolute atomic E-state index is 0.152. The Morgan fingerprint density at radius 1 is 1.44 bits per heavy atom. The van der Waals surface area contributed by atoms with E-state index in [0.717, 1.165) is 30.6 Å². The van der Waals surface area contributed by atoms with Crippen molar-refractivity contribution < 1.29 is 14.6 Å². The van der Waals surface area contributed by atoms with Gasteiger partial charge in [-0.3, -0.25) is 0 Å². The quantitative estimate of drug-likeness (QED) is 0.893.